The maximum atomic E-state index is 15.6. The summed E-state index contributed by atoms with van der Waals surface area (Å²) in [5.74, 6) is -1.66. The van der Waals surface area contributed by atoms with Crippen molar-refractivity contribution in [3.63, 3.8) is 0 Å². The lowest BCUT2D eigenvalue weighted by atomic mass is 9.73. The fourth-order valence-corrected chi connectivity index (χ4v) is 6.90. The first-order valence-electron chi connectivity index (χ1n) is 15.8. The summed E-state index contributed by atoms with van der Waals surface area (Å²) in [5.41, 5.74) is 8.99. The number of hydrogen-bond donors (Lipinski definition) is 2. The van der Waals surface area contributed by atoms with E-state index in [9.17, 15) is 9.59 Å². The average Bonchev–Trinajstić information content (AvgIpc) is 3.47. The van der Waals surface area contributed by atoms with Crippen LogP contribution in [0.5, 0.6) is 0 Å². The molecule has 44 heavy (non-hydrogen) atoms. The van der Waals surface area contributed by atoms with E-state index in [4.69, 9.17) is 10.5 Å². The molecule has 2 amide bonds. The van der Waals surface area contributed by atoms with Crippen LogP contribution in [0.25, 0.3) is 11.1 Å². The third-order valence-corrected chi connectivity index (χ3v) is 10.4. The van der Waals surface area contributed by atoms with Crippen LogP contribution in [0.4, 0.5) is 10.2 Å². The fourth-order valence-electron chi connectivity index (χ4n) is 6.14. The van der Waals surface area contributed by atoms with Gasteiger partial charge in [0, 0.05) is 43.6 Å². The van der Waals surface area contributed by atoms with Gasteiger partial charge in [-0.3, -0.25) is 14.3 Å². The molecule has 0 aliphatic heterocycles. The number of rotatable bonds is 13. The van der Waals surface area contributed by atoms with Gasteiger partial charge in [0.2, 0.25) is 11.9 Å². The van der Waals surface area contributed by atoms with Gasteiger partial charge in [0.25, 0.3) is 5.91 Å². The van der Waals surface area contributed by atoms with Crippen molar-refractivity contribution in [2.45, 2.75) is 105 Å². The number of halogens is 1. The number of aryl methyl sites for hydroxylation is 2. The topological polar surface area (TPSA) is 130 Å². The molecule has 3 heterocycles. The molecule has 3 aromatic heterocycles. The average molecular weight is 626 g/mol. The highest BCUT2D eigenvalue weighted by Gasteiger charge is 2.37. The number of nitrogens with two attached hydrogens (primary N) is 1. The maximum Gasteiger partial charge on any atom is 0.267 e. The number of carbonyl (C=O) groups is 2. The third kappa shape index (κ3) is 7.82. The van der Waals surface area contributed by atoms with E-state index >= 15 is 4.39 Å². The molecule has 0 spiro atoms. The number of hydrogen-bond acceptors (Lipinski definition) is 6. The molecule has 0 radical (unpaired) electrons. The molecule has 1 atom stereocenters. The molecule has 12 heteroatoms. The van der Waals surface area contributed by atoms with Crippen LogP contribution in [-0.2, 0) is 22.8 Å². The molecule has 1 fully saturated rings. The largest absolute Gasteiger partial charge is 0.364 e. The second-order valence-electron chi connectivity index (χ2n) is 13.5. The summed E-state index contributed by atoms with van der Waals surface area (Å²) in [5, 5.41) is 11.8. The number of nitrogens with one attached hydrogen (secondary N) is 1. The Hall–Kier alpha value is -3.38. The molecule has 1 aliphatic rings. The summed E-state index contributed by atoms with van der Waals surface area (Å²) in [4.78, 5) is 30.6. The van der Waals surface area contributed by atoms with Crippen molar-refractivity contribution >= 4 is 25.7 Å². The lowest BCUT2D eigenvalue weighted by Crippen LogP contribution is -2.32. The Morgan fingerprint density at radius 1 is 1.16 bits per heavy atom. The smallest absolute Gasteiger partial charge is 0.267 e. The Kier molecular flexibility index (Phi) is 10.8. The van der Waals surface area contributed by atoms with Gasteiger partial charge in [-0.2, -0.15) is 14.6 Å². The molecule has 1 unspecified atom stereocenters. The van der Waals surface area contributed by atoms with E-state index in [1.807, 2.05) is 20.8 Å². The van der Waals surface area contributed by atoms with E-state index < -0.39 is 25.8 Å². The number of anilines is 1. The number of amides is 2. The van der Waals surface area contributed by atoms with Gasteiger partial charge in [-0.1, -0.05) is 46.3 Å². The van der Waals surface area contributed by atoms with Gasteiger partial charge < -0.3 is 15.8 Å². The summed E-state index contributed by atoms with van der Waals surface area (Å²) >= 11 is 0. The van der Waals surface area contributed by atoms with Crippen LogP contribution in [0.3, 0.4) is 0 Å². The highest BCUT2D eigenvalue weighted by Crippen LogP contribution is 2.40. The number of pyridine rings is 1. The van der Waals surface area contributed by atoms with Crippen LogP contribution in [0.2, 0.25) is 25.7 Å². The van der Waals surface area contributed by atoms with Gasteiger partial charge in [-0.15, -0.1) is 0 Å². The van der Waals surface area contributed by atoms with Crippen LogP contribution >= 0.6 is 0 Å². The second kappa shape index (κ2) is 14.1. The Bertz CT molecular complexity index is 1470. The number of primary amides is 1. The van der Waals surface area contributed by atoms with Crippen LogP contribution < -0.4 is 11.1 Å². The summed E-state index contributed by atoms with van der Waals surface area (Å²) in [6, 6.07) is 4.28. The zero-order valence-electron chi connectivity index (χ0n) is 27.2. The minimum atomic E-state index is -1.21. The molecule has 3 N–H and O–H groups in total. The molecule has 4 rings (SSSR count). The Balaban J connectivity index is 1.57. The Labute approximate surface area is 261 Å². The van der Waals surface area contributed by atoms with Crippen molar-refractivity contribution in [3.05, 3.63) is 46.9 Å². The van der Waals surface area contributed by atoms with E-state index in [0.29, 0.717) is 48.2 Å². The fraction of sp³-hybridized carbons (Fsp3) is 0.594. The molecule has 0 saturated heterocycles. The molecule has 10 nitrogen and oxygen atoms in total. The molecule has 1 aliphatic carbocycles. The lowest BCUT2D eigenvalue weighted by Gasteiger charge is -2.32. The molecule has 0 bridgehead atoms. The Morgan fingerprint density at radius 2 is 1.86 bits per heavy atom. The molecular weight excluding hydrogens is 577 g/mol. The molecule has 0 aromatic carbocycles. The van der Waals surface area contributed by atoms with Crippen molar-refractivity contribution in [3.8, 4) is 11.1 Å². The predicted octanol–water partition coefficient (Wildman–Crippen LogP) is 6.27. The number of aromatic nitrogens is 5. The van der Waals surface area contributed by atoms with Gasteiger partial charge >= 0.3 is 0 Å². The zero-order chi connectivity index (χ0) is 32.2. The highest BCUT2D eigenvalue weighted by atomic mass is 28.3. The SMILES string of the molecule is CCCn1ncc(C(C(=O)Nc2ccc(-c3c(C)nn(COCC[Si](C)(C)C)c3C)c(F)n2)C2CCC(C)CC2)c1C(N)=O. The van der Waals surface area contributed by atoms with Crippen LogP contribution in [0.1, 0.15) is 79.3 Å². The first-order valence-corrected chi connectivity index (χ1v) is 19.5. The first kappa shape index (κ1) is 33.5. The van der Waals surface area contributed by atoms with Crippen molar-refractivity contribution in [1.29, 1.82) is 0 Å². The minimum Gasteiger partial charge on any atom is -0.364 e. The molecule has 1 saturated carbocycles. The highest BCUT2D eigenvalue weighted by molar-refractivity contribution is 6.76. The standard InChI is InChI=1S/C32H48FN7O3Si/c1-8-15-39-29(31(34)41)25(18-35-39)28(23-11-9-20(2)10-12-23)32(42)37-26-14-13-24(30(33)36-26)27-21(3)38-40(22(27)4)19-43-16-17-44(5,6)7/h13-14,18,20,23,28H,8-12,15-17,19H2,1-7H3,(H2,34,41)(H,36,37,42). The number of ether oxygens (including phenoxy) is 1. The van der Waals surface area contributed by atoms with Crippen LogP contribution in [0, 0.1) is 31.6 Å². The first-order chi connectivity index (χ1) is 20.8. The maximum absolute atomic E-state index is 15.6. The van der Waals surface area contributed by atoms with Crippen molar-refractivity contribution in [2.24, 2.45) is 17.6 Å². The summed E-state index contributed by atoms with van der Waals surface area (Å²) in [7, 11) is -1.21. The molecular formula is C32H48FN7O3Si. The van der Waals surface area contributed by atoms with Crippen molar-refractivity contribution in [2.75, 3.05) is 11.9 Å². The predicted molar refractivity (Wildman–Crippen MR) is 173 cm³/mol. The van der Waals surface area contributed by atoms with E-state index in [0.717, 1.165) is 43.8 Å². The van der Waals surface area contributed by atoms with Gasteiger partial charge in [-0.05, 0) is 63.1 Å². The van der Waals surface area contributed by atoms with Crippen molar-refractivity contribution in [1.82, 2.24) is 24.5 Å². The van der Waals surface area contributed by atoms with Gasteiger partial charge in [0.05, 0.1) is 17.8 Å². The summed E-state index contributed by atoms with van der Waals surface area (Å²) in [6.07, 6.45) is 6.00. The third-order valence-electron chi connectivity index (χ3n) is 8.65. The Morgan fingerprint density at radius 3 is 2.48 bits per heavy atom. The number of nitrogens with zero attached hydrogens (tertiary/aromatic N) is 5. The summed E-state index contributed by atoms with van der Waals surface area (Å²) < 4.78 is 24.8. The van der Waals surface area contributed by atoms with Crippen LogP contribution in [0.15, 0.2) is 18.3 Å². The lowest BCUT2D eigenvalue weighted by molar-refractivity contribution is -0.119. The zero-order valence-corrected chi connectivity index (χ0v) is 28.2. The van der Waals surface area contributed by atoms with E-state index in [-0.39, 0.29) is 23.3 Å². The minimum absolute atomic E-state index is 0.00297. The quantitative estimate of drug-likeness (QED) is 0.131. The van der Waals surface area contributed by atoms with Crippen LogP contribution in [-0.4, -0.2) is 51.0 Å². The number of carbonyl (C=O) groups excluding carboxylic acids is 2. The summed E-state index contributed by atoms with van der Waals surface area (Å²) in [6.45, 7) is 16.3. The molecule has 3 aromatic rings. The second-order valence-corrected chi connectivity index (χ2v) is 19.1. The van der Waals surface area contributed by atoms with E-state index in [1.165, 1.54) is 0 Å². The van der Waals surface area contributed by atoms with Crippen molar-refractivity contribution < 1.29 is 18.7 Å². The van der Waals surface area contributed by atoms with Gasteiger partial charge in [-0.25, -0.2) is 9.67 Å². The van der Waals surface area contributed by atoms with E-state index in [2.05, 4.69) is 47.1 Å². The van der Waals surface area contributed by atoms with Gasteiger partial charge in [0.15, 0.2) is 0 Å². The van der Waals surface area contributed by atoms with E-state index in [1.54, 1.807) is 27.7 Å². The monoisotopic (exact) mass is 625 g/mol. The van der Waals surface area contributed by atoms with Gasteiger partial charge in [0.1, 0.15) is 18.2 Å². The molecule has 240 valence electrons. The normalized spacial score (nSPS) is 17.9.